The Kier molecular flexibility index (Phi) is 1.73. The van der Waals surface area contributed by atoms with Crippen LogP contribution in [-0.2, 0) is 11.3 Å². The fourth-order valence-corrected chi connectivity index (χ4v) is 1.23. The number of imidazole rings is 1. The van der Waals surface area contributed by atoms with Crippen molar-refractivity contribution in [3.8, 4) is 0 Å². The van der Waals surface area contributed by atoms with E-state index < -0.39 is 0 Å². The highest BCUT2D eigenvalue weighted by Crippen LogP contribution is 2.10. The number of carbonyl (C=O) groups excluding carboxylic acids is 1. The Morgan fingerprint density at radius 2 is 2.31 bits per heavy atom. The zero-order chi connectivity index (χ0) is 9.26. The van der Waals surface area contributed by atoms with Crippen LogP contribution in [0, 0.1) is 6.33 Å². The summed E-state index contributed by atoms with van der Waals surface area (Å²) in [4.78, 5) is 14.7. The number of primary amides is 1. The van der Waals surface area contributed by atoms with Gasteiger partial charge < -0.3 is 10.3 Å². The van der Waals surface area contributed by atoms with Gasteiger partial charge in [-0.1, -0.05) is 12.1 Å². The number of amides is 1. The minimum Gasteiger partial charge on any atom is -0.368 e. The normalized spacial score (nSPS) is 10.5. The van der Waals surface area contributed by atoms with E-state index in [1.165, 1.54) is 0 Å². The highest BCUT2D eigenvalue weighted by molar-refractivity contribution is 5.79. The number of aromatic nitrogens is 2. The van der Waals surface area contributed by atoms with E-state index in [1.54, 1.807) is 4.57 Å². The van der Waals surface area contributed by atoms with Gasteiger partial charge >= 0.3 is 0 Å². The van der Waals surface area contributed by atoms with Crippen molar-refractivity contribution >= 4 is 16.9 Å². The van der Waals surface area contributed by atoms with Crippen LogP contribution in [0.2, 0.25) is 0 Å². The zero-order valence-electron chi connectivity index (χ0n) is 6.90. The second-order valence-corrected chi connectivity index (χ2v) is 2.75. The van der Waals surface area contributed by atoms with Crippen molar-refractivity contribution in [1.82, 2.24) is 9.55 Å². The quantitative estimate of drug-likeness (QED) is 0.712. The average Bonchev–Trinajstić information content (AvgIpc) is 2.48. The molecule has 13 heavy (non-hydrogen) atoms. The van der Waals surface area contributed by atoms with E-state index in [0.29, 0.717) is 0 Å². The molecule has 0 atom stereocenters. The lowest BCUT2D eigenvalue weighted by molar-refractivity contribution is -0.118. The van der Waals surface area contributed by atoms with Crippen LogP contribution in [0.25, 0.3) is 11.0 Å². The van der Waals surface area contributed by atoms with Gasteiger partial charge in [-0.3, -0.25) is 4.79 Å². The number of para-hydroxylation sites is 2. The van der Waals surface area contributed by atoms with Crippen LogP contribution >= 0.6 is 0 Å². The Morgan fingerprint density at radius 1 is 1.54 bits per heavy atom. The monoisotopic (exact) mass is 174 g/mol. The molecule has 2 rings (SSSR count). The van der Waals surface area contributed by atoms with E-state index in [2.05, 4.69) is 11.3 Å². The Morgan fingerprint density at radius 3 is 3.08 bits per heavy atom. The van der Waals surface area contributed by atoms with Gasteiger partial charge in [-0.15, -0.1) is 0 Å². The maximum Gasteiger partial charge on any atom is 0.237 e. The van der Waals surface area contributed by atoms with E-state index in [-0.39, 0.29) is 12.5 Å². The van der Waals surface area contributed by atoms with Crippen molar-refractivity contribution in [2.75, 3.05) is 0 Å². The van der Waals surface area contributed by atoms with Crippen molar-refractivity contribution in [3.63, 3.8) is 0 Å². The molecule has 2 aromatic rings. The van der Waals surface area contributed by atoms with Crippen LogP contribution in [0.1, 0.15) is 0 Å². The summed E-state index contributed by atoms with van der Waals surface area (Å²) in [6.45, 7) is 0.126. The van der Waals surface area contributed by atoms with Crippen molar-refractivity contribution in [2.24, 2.45) is 5.73 Å². The van der Waals surface area contributed by atoms with Crippen molar-refractivity contribution in [1.29, 1.82) is 0 Å². The molecule has 0 saturated carbocycles. The van der Waals surface area contributed by atoms with Gasteiger partial charge in [0.15, 0.2) is 6.33 Å². The number of fused-ring (bicyclic) bond motifs is 1. The molecule has 65 valence electrons. The molecular formula is C9H8N3O. The number of nitrogens with two attached hydrogens (primary N) is 1. The number of hydrogen-bond acceptors (Lipinski definition) is 2. The summed E-state index contributed by atoms with van der Waals surface area (Å²) in [5.41, 5.74) is 6.77. The summed E-state index contributed by atoms with van der Waals surface area (Å²) in [5, 5.41) is 0. The van der Waals surface area contributed by atoms with Crippen LogP contribution in [0.4, 0.5) is 0 Å². The second kappa shape index (κ2) is 2.90. The first kappa shape index (κ1) is 7.79. The van der Waals surface area contributed by atoms with Crippen LogP contribution in [0.15, 0.2) is 24.3 Å². The molecule has 1 heterocycles. The molecule has 4 nitrogen and oxygen atoms in total. The number of rotatable bonds is 2. The van der Waals surface area contributed by atoms with E-state index in [0.717, 1.165) is 11.0 Å². The predicted octanol–water partition coefficient (Wildman–Crippen LogP) is 0.322. The lowest BCUT2D eigenvalue weighted by atomic mass is 10.3. The first-order valence-electron chi connectivity index (χ1n) is 3.88. The van der Waals surface area contributed by atoms with E-state index >= 15 is 0 Å². The SMILES string of the molecule is NC(=O)Cn1[c]nc2ccccc21. The van der Waals surface area contributed by atoms with Crippen LogP contribution in [-0.4, -0.2) is 15.5 Å². The topological polar surface area (TPSA) is 60.9 Å². The maximum absolute atomic E-state index is 10.7. The Labute approximate surface area is 75.0 Å². The number of benzene rings is 1. The molecule has 0 bridgehead atoms. The van der Waals surface area contributed by atoms with Crippen LogP contribution in [0.5, 0.6) is 0 Å². The van der Waals surface area contributed by atoms with Crippen molar-refractivity contribution < 1.29 is 4.79 Å². The molecule has 0 aliphatic carbocycles. The summed E-state index contributed by atoms with van der Waals surface area (Å²) in [5.74, 6) is -0.389. The van der Waals surface area contributed by atoms with Gasteiger partial charge in [0.05, 0.1) is 11.0 Å². The van der Waals surface area contributed by atoms with Crippen LogP contribution < -0.4 is 5.73 Å². The first-order valence-corrected chi connectivity index (χ1v) is 3.88. The summed E-state index contributed by atoms with van der Waals surface area (Å²) in [7, 11) is 0. The summed E-state index contributed by atoms with van der Waals surface area (Å²) in [6.07, 6.45) is 2.71. The third-order valence-corrected chi connectivity index (χ3v) is 1.78. The highest BCUT2D eigenvalue weighted by atomic mass is 16.1. The third-order valence-electron chi connectivity index (χ3n) is 1.78. The smallest absolute Gasteiger partial charge is 0.237 e. The first-order chi connectivity index (χ1) is 6.27. The molecule has 1 aromatic heterocycles. The number of nitrogens with zero attached hydrogens (tertiary/aromatic N) is 2. The maximum atomic E-state index is 10.7. The molecule has 1 aromatic carbocycles. The predicted molar refractivity (Wildman–Crippen MR) is 47.8 cm³/mol. The number of carbonyl (C=O) groups is 1. The highest BCUT2D eigenvalue weighted by Gasteiger charge is 2.03. The molecule has 0 spiro atoms. The van der Waals surface area contributed by atoms with Gasteiger partial charge in [-0.05, 0) is 12.1 Å². The summed E-state index contributed by atoms with van der Waals surface area (Å²) in [6, 6.07) is 7.51. The fraction of sp³-hybridized carbons (Fsp3) is 0.111. The Hall–Kier alpha value is -1.84. The van der Waals surface area contributed by atoms with Crippen LogP contribution in [0.3, 0.4) is 0 Å². The lowest BCUT2D eigenvalue weighted by Crippen LogP contribution is -2.18. The van der Waals surface area contributed by atoms with Gasteiger partial charge in [0.25, 0.3) is 0 Å². The molecule has 0 saturated heterocycles. The van der Waals surface area contributed by atoms with Crippen molar-refractivity contribution in [2.45, 2.75) is 6.54 Å². The Balaban J connectivity index is 2.51. The molecule has 1 amide bonds. The molecule has 1 radical (unpaired) electrons. The molecule has 0 aliphatic heterocycles. The number of hydrogen-bond donors (Lipinski definition) is 1. The standard InChI is InChI=1S/C9H8N3O/c10-9(13)5-12-6-11-7-3-1-2-4-8(7)12/h1-4H,5H2,(H2,10,13). The van der Waals surface area contributed by atoms with Gasteiger partial charge in [-0.2, -0.15) is 0 Å². The molecule has 0 unspecified atom stereocenters. The van der Waals surface area contributed by atoms with Gasteiger partial charge in [0, 0.05) is 0 Å². The minimum atomic E-state index is -0.389. The van der Waals surface area contributed by atoms with E-state index in [9.17, 15) is 4.79 Å². The fourth-order valence-electron chi connectivity index (χ4n) is 1.23. The molecule has 4 heteroatoms. The molecule has 0 fully saturated rings. The largest absolute Gasteiger partial charge is 0.368 e. The molecule has 2 N–H and O–H groups in total. The van der Waals surface area contributed by atoms with Gasteiger partial charge in [0.1, 0.15) is 6.54 Å². The summed E-state index contributed by atoms with van der Waals surface area (Å²) < 4.78 is 1.61. The van der Waals surface area contributed by atoms with E-state index in [4.69, 9.17) is 5.73 Å². The van der Waals surface area contributed by atoms with Gasteiger partial charge in [-0.25, -0.2) is 4.98 Å². The third kappa shape index (κ3) is 1.38. The lowest BCUT2D eigenvalue weighted by Gasteiger charge is -1.97. The zero-order valence-corrected chi connectivity index (χ0v) is 6.90. The summed E-state index contributed by atoms with van der Waals surface area (Å²) >= 11 is 0. The average molecular weight is 174 g/mol. The second-order valence-electron chi connectivity index (χ2n) is 2.75. The van der Waals surface area contributed by atoms with Crippen molar-refractivity contribution in [3.05, 3.63) is 30.6 Å². The molecular weight excluding hydrogens is 166 g/mol. The van der Waals surface area contributed by atoms with Gasteiger partial charge in [0.2, 0.25) is 5.91 Å². The Bertz CT molecular complexity index is 447. The molecule has 0 aliphatic rings. The minimum absolute atomic E-state index is 0.126. The van der Waals surface area contributed by atoms with E-state index in [1.807, 2.05) is 24.3 Å².